The van der Waals surface area contributed by atoms with Crippen LogP contribution in [0.4, 0.5) is 4.79 Å². The van der Waals surface area contributed by atoms with Crippen LogP contribution in [0.1, 0.15) is 53.6 Å². The van der Waals surface area contributed by atoms with E-state index >= 15 is 0 Å². The molecule has 0 radical (unpaired) electrons. The summed E-state index contributed by atoms with van der Waals surface area (Å²) in [5.74, 6) is -0.800. The van der Waals surface area contributed by atoms with Gasteiger partial charge in [0.1, 0.15) is 18.7 Å². The molecule has 1 aliphatic rings. The van der Waals surface area contributed by atoms with Crippen molar-refractivity contribution < 1.29 is 23.9 Å². The van der Waals surface area contributed by atoms with Gasteiger partial charge < -0.3 is 30.6 Å². The maximum Gasteiger partial charge on any atom is 0.407 e. The van der Waals surface area contributed by atoms with Gasteiger partial charge in [0, 0.05) is 42.5 Å². The monoisotopic (exact) mass is 699 g/mol. The molecule has 5 aromatic rings. The highest BCUT2D eigenvalue weighted by atomic mass is 16.5. The van der Waals surface area contributed by atoms with Gasteiger partial charge in [0.05, 0.1) is 6.54 Å². The Kier molecular flexibility index (Phi) is 12.3. The summed E-state index contributed by atoms with van der Waals surface area (Å²) >= 11 is 0. The maximum absolute atomic E-state index is 14.5. The van der Waals surface area contributed by atoms with Gasteiger partial charge in [-0.2, -0.15) is 0 Å². The molecule has 0 aliphatic carbocycles. The molecular weight excluding hydrogens is 654 g/mol. The third-order valence-corrected chi connectivity index (χ3v) is 9.41. The lowest BCUT2D eigenvalue weighted by atomic mass is 10.0. The lowest BCUT2D eigenvalue weighted by molar-refractivity contribution is -0.144. The molecule has 1 aromatic heterocycles. The molecule has 0 saturated heterocycles. The van der Waals surface area contributed by atoms with Crippen LogP contribution >= 0.6 is 0 Å². The molecule has 0 fully saturated rings. The van der Waals surface area contributed by atoms with Crippen LogP contribution in [-0.2, 0) is 51.7 Å². The third-order valence-electron chi connectivity index (χ3n) is 9.41. The number of hydrogen-bond acceptors (Lipinski definition) is 5. The number of ether oxygens (including phenoxy) is 1. The standard InChI is InChI=1S/C42H45N5O5/c48-39(24-23-30-14-4-1-5-15-30)46-36-26-34-33-20-10-11-21-35(33)45-37(34)28-47(41(36)50)38(40(49)44-27-31-16-6-2-7-17-31)22-12-13-25-43-42(51)52-29-32-18-8-3-9-19-32/h1-11,14-21,36,38,45H,12-13,22-29H2,(H,43,51)(H,44,49)(H,46,48)/t36-,38+/m1/s1. The first-order valence-corrected chi connectivity index (χ1v) is 17.9. The summed E-state index contributed by atoms with van der Waals surface area (Å²) in [6.07, 6.45) is 2.06. The van der Waals surface area contributed by atoms with Gasteiger partial charge in [-0.15, -0.1) is 0 Å². The summed E-state index contributed by atoms with van der Waals surface area (Å²) in [5.41, 5.74) is 5.62. The largest absolute Gasteiger partial charge is 0.445 e. The SMILES string of the molecule is O=C(CCc1ccccc1)N[C@@H]1Cc2c([nH]c3ccccc23)CN([C@@H](CCCCNC(=O)OCc2ccccc2)C(=O)NCc2ccccc2)C1=O. The van der Waals surface area contributed by atoms with Crippen molar-refractivity contribution >= 4 is 34.7 Å². The van der Waals surface area contributed by atoms with Gasteiger partial charge in [0.2, 0.25) is 17.7 Å². The molecule has 6 rings (SSSR count). The summed E-state index contributed by atoms with van der Waals surface area (Å²) < 4.78 is 5.33. The molecule has 1 aliphatic heterocycles. The van der Waals surface area contributed by atoms with Crippen molar-refractivity contribution in [2.75, 3.05) is 6.54 Å². The molecule has 10 heteroatoms. The average molecular weight is 700 g/mol. The Hall–Kier alpha value is -5.90. The van der Waals surface area contributed by atoms with Crippen molar-refractivity contribution in [2.45, 2.75) is 70.3 Å². The second-order valence-corrected chi connectivity index (χ2v) is 13.1. The minimum absolute atomic E-state index is 0.174. The Morgan fingerprint density at radius 3 is 2.17 bits per heavy atom. The molecule has 2 heterocycles. The Bertz CT molecular complexity index is 1950. The number of para-hydroxylation sites is 1. The first-order valence-electron chi connectivity index (χ1n) is 17.9. The number of benzene rings is 4. The van der Waals surface area contributed by atoms with E-state index in [-0.39, 0.29) is 37.3 Å². The van der Waals surface area contributed by atoms with Gasteiger partial charge in [0.25, 0.3) is 0 Å². The van der Waals surface area contributed by atoms with Crippen LogP contribution < -0.4 is 16.0 Å². The quantitative estimate of drug-likeness (QED) is 0.100. The number of aromatic nitrogens is 1. The van der Waals surface area contributed by atoms with Crippen LogP contribution in [0, 0.1) is 0 Å². The third kappa shape index (κ3) is 9.66. The van der Waals surface area contributed by atoms with Crippen molar-refractivity contribution in [1.29, 1.82) is 0 Å². The molecule has 2 atom stereocenters. The van der Waals surface area contributed by atoms with Gasteiger partial charge in [-0.05, 0) is 54.0 Å². The van der Waals surface area contributed by atoms with Crippen LogP contribution in [0.15, 0.2) is 115 Å². The zero-order valence-corrected chi connectivity index (χ0v) is 29.2. The number of rotatable bonds is 15. The van der Waals surface area contributed by atoms with E-state index in [9.17, 15) is 19.2 Å². The molecule has 0 unspecified atom stereocenters. The molecular formula is C42H45N5O5. The second-order valence-electron chi connectivity index (χ2n) is 13.1. The lowest BCUT2D eigenvalue weighted by Gasteiger charge is -2.32. The zero-order chi connectivity index (χ0) is 36.1. The summed E-state index contributed by atoms with van der Waals surface area (Å²) in [5, 5.41) is 9.86. The van der Waals surface area contributed by atoms with Gasteiger partial charge in [-0.3, -0.25) is 14.4 Å². The van der Waals surface area contributed by atoms with E-state index in [4.69, 9.17) is 4.74 Å². The second kappa shape index (κ2) is 17.8. The van der Waals surface area contributed by atoms with Crippen LogP contribution in [0.2, 0.25) is 0 Å². The highest BCUT2D eigenvalue weighted by molar-refractivity contribution is 5.94. The van der Waals surface area contributed by atoms with Crippen molar-refractivity contribution in [3.05, 3.63) is 143 Å². The number of carbonyl (C=O) groups is 4. The summed E-state index contributed by atoms with van der Waals surface area (Å²) in [6, 6.07) is 35.1. The number of unbranched alkanes of at least 4 members (excludes halogenated alkanes) is 1. The first-order chi connectivity index (χ1) is 25.4. The first kappa shape index (κ1) is 35.9. The number of fused-ring (bicyclic) bond motifs is 3. The molecule has 52 heavy (non-hydrogen) atoms. The fourth-order valence-electron chi connectivity index (χ4n) is 6.67. The average Bonchev–Trinajstić information content (AvgIpc) is 3.46. The summed E-state index contributed by atoms with van der Waals surface area (Å²) in [7, 11) is 0. The fourth-order valence-corrected chi connectivity index (χ4v) is 6.67. The smallest absolute Gasteiger partial charge is 0.407 e. The Morgan fingerprint density at radius 1 is 0.788 bits per heavy atom. The van der Waals surface area contributed by atoms with Gasteiger partial charge >= 0.3 is 6.09 Å². The van der Waals surface area contributed by atoms with Crippen LogP contribution in [0.5, 0.6) is 0 Å². The number of amides is 4. The number of nitrogens with zero attached hydrogens (tertiary/aromatic N) is 1. The number of nitrogens with one attached hydrogen (secondary N) is 4. The van der Waals surface area contributed by atoms with Crippen LogP contribution in [-0.4, -0.2) is 52.3 Å². The summed E-state index contributed by atoms with van der Waals surface area (Å²) in [6.45, 7) is 1.02. The van der Waals surface area contributed by atoms with Crippen molar-refractivity contribution in [1.82, 2.24) is 25.8 Å². The van der Waals surface area contributed by atoms with Crippen LogP contribution in [0.25, 0.3) is 10.9 Å². The minimum atomic E-state index is -0.853. The maximum atomic E-state index is 14.5. The Morgan fingerprint density at radius 2 is 1.44 bits per heavy atom. The number of carbonyl (C=O) groups excluding carboxylic acids is 4. The van der Waals surface area contributed by atoms with E-state index in [1.807, 2.05) is 115 Å². The molecule has 0 bridgehead atoms. The molecule has 0 saturated carbocycles. The number of aryl methyl sites for hydroxylation is 1. The Balaban J connectivity index is 1.17. The summed E-state index contributed by atoms with van der Waals surface area (Å²) in [4.78, 5) is 59.3. The molecule has 268 valence electrons. The predicted octanol–water partition coefficient (Wildman–Crippen LogP) is 5.95. The van der Waals surface area contributed by atoms with E-state index < -0.39 is 18.2 Å². The van der Waals surface area contributed by atoms with E-state index in [1.165, 1.54) is 0 Å². The molecule has 10 nitrogen and oxygen atoms in total. The molecule has 4 amide bonds. The van der Waals surface area contributed by atoms with Gasteiger partial charge in [0.15, 0.2) is 0 Å². The van der Waals surface area contributed by atoms with Crippen LogP contribution in [0.3, 0.4) is 0 Å². The van der Waals surface area contributed by atoms with Gasteiger partial charge in [-0.1, -0.05) is 109 Å². The molecule has 0 spiro atoms. The number of hydrogen-bond donors (Lipinski definition) is 4. The minimum Gasteiger partial charge on any atom is -0.445 e. The Labute approximate surface area is 303 Å². The normalized spacial score (nSPS) is 14.6. The number of alkyl carbamates (subject to hydrolysis) is 1. The molecule has 4 N–H and O–H groups in total. The van der Waals surface area contributed by atoms with E-state index in [0.717, 1.165) is 38.9 Å². The van der Waals surface area contributed by atoms with Crippen molar-refractivity contribution in [3.8, 4) is 0 Å². The highest BCUT2D eigenvalue weighted by Gasteiger charge is 2.38. The zero-order valence-electron chi connectivity index (χ0n) is 29.2. The predicted molar refractivity (Wildman–Crippen MR) is 200 cm³/mol. The van der Waals surface area contributed by atoms with E-state index in [2.05, 4.69) is 20.9 Å². The highest BCUT2D eigenvalue weighted by Crippen LogP contribution is 2.30. The van der Waals surface area contributed by atoms with E-state index in [1.54, 1.807) is 4.90 Å². The number of H-pyrrole nitrogens is 1. The van der Waals surface area contributed by atoms with E-state index in [0.29, 0.717) is 45.2 Å². The number of aromatic amines is 1. The molecule has 4 aromatic carbocycles. The van der Waals surface area contributed by atoms with Crippen molar-refractivity contribution in [3.63, 3.8) is 0 Å². The topological polar surface area (TPSA) is 133 Å². The lowest BCUT2D eigenvalue weighted by Crippen LogP contribution is -2.55. The van der Waals surface area contributed by atoms with Crippen molar-refractivity contribution in [2.24, 2.45) is 0 Å². The van der Waals surface area contributed by atoms with Gasteiger partial charge in [-0.25, -0.2) is 4.79 Å². The fraction of sp³-hybridized carbons (Fsp3) is 0.286.